The molecule has 2 aliphatic heterocycles. The fourth-order valence-corrected chi connectivity index (χ4v) is 5.15. The number of ketones is 1. The second kappa shape index (κ2) is 14.4. The molecule has 1 aromatic heterocycles. The van der Waals surface area contributed by atoms with Crippen LogP contribution in [0.3, 0.4) is 0 Å². The van der Waals surface area contributed by atoms with Gasteiger partial charge in [0.1, 0.15) is 23.4 Å². The highest BCUT2D eigenvalue weighted by atomic mass is 16.6. The summed E-state index contributed by atoms with van der Waals surface area (Å²) in [6.07, 6.45) is 4.13. The number of nitrogens with zero attached hydrogens (tertiary/aromatic N) is 3. The van der Waals surface area contributed by atoms with E-state index < -0.39 is 47.4 Å². The molecule has 4 rings (SSSR count). The van der Waals surface area contributed by atoms with Gasteiger partial charge < -0.3 is 30.3 Å². The van der Waals surface area contributed by atoms with E-state index in [-0.39, 0.29) is 36.2 Å². The number of carbonyl (C=O) groups excluding carboxylic acids is 5. The molecule has 0 unspecified atom stereocenters. The van der Waals surface area contributed by atoms with Crippen molar-refractivity contribution in [1.29, 1.82) is 0 Å². The number of amides is 4. The minimum Gasteiger partial charge on any atom is -0.480 e. The molecule has 236 valence electrons. The lowest BCUT2D eigenvalue weighted by molar-refractivity contribution is -0.139. The van der Waals surface area contributed by atoms with Gasteiger partial charge in [-0.05, 0) is 37.7 Å². The summed E-state index contributed by atoms with van der Waals surface area (Å²) >= 11 is 0. The van der Waals surface area contributed by atoms with Crippen molar-refractivity contribution in [3.05, 3.63) is 54.0 Å². The van der Waals surface area contributed by atoms with E-state index in [1.54, 1.807) is 6.92 Å². The van der Waals surface area contributed by atoms with Crippen molar-refractivity contribution in [2.45, 2.75) is 70.2 Å². The van der Waals surface area contributed by atoms with Gasteiger partial charge in [-0.3, -0.25) is 24.0 Å². The molecule has 3 heterocycles. The zero-order valence-corrected chi connectivity index (χ0v) is 25.5. The first kappa shape index (κ1) is 32.5. The summed E-state index contributed by atoms with van der Waals surface area (Å²) in [7, 11) is 1.43. The molecule has 2 fully saturated rings. The van der Waals surface area contributed by atoms with Crippen LogP contribution in [-0.4, -0.2) is 94.8 Å². The Kier molecular flexibility index (Phi) is 10.6. The number of rotatable bonds is 14. The second-order valence-electron chi connectivity index (χ2n) is 11.7. The molecule has 13 nitrogen and oxygen atoms in total. The highest BCUT2D eigenvalue weighted by Crippen LogP contribution is 2.29. The second-order valence-corrected chi connectivity index (χ2v) is 11.7. The minimum absolute atomic E-state index is 0.0144. The molecule has 0 radical (unpaired) electrons. The van der Waals surface area contributed by atoms with Crippen molar-refractivity contribution < 1.29 is 33.4 Å². The Bertz CT molecular complexity index is 1350. The molecule has 2 aliphatic rings. The van der Waals surface area contributed by atoms with Crippen LogP contribution >= 0.6 is 0 Å². The van der Waals surface area contributed by atoms with E-state index in [9.17, 15) is 24.0 Å². The van der Waals surface area contributed by atoms with E-state index in [1.807, 2.05) is 44.2 Å². The summed E-state index contributed by atoms with van der Waals surface area (Å²) in [4.78, 5) is 75.2. The lowest BCUT2D eigenvalue weighted by Crippen LogP contribution is -2.57. The van der Waals surface area contributed by atoms with Crippen LogP contribution in [0, 0.1) is 5.92 Å². The minimum atomic E-state index is -0.994. The van der Waals surface area contributed by atoms with Crippen molar-refractivity contribution in [2.24, 2.45) is 5.92 Å². The van der Waals surface area contributed by atoms with Crippen molar-refractivity contribution in [1.82, 2.24) is 30.8 Å². The quantitative estimate of drug-likeness (QED) is 0.263. The third-order valence-corrected chi connectivity index (χ3v) is 7.70. The fraction of sp³-hybridized carbons (Fsp3) is 0.516. The van der Waals surface area contributed by atoms with Crippen LogP contribution in [0.5, 0.6) is 5.88 Å². The number of methoxy groups -OCH3 is 1. The first-order chi connectivity index (χ1) is 21.0. The number of hydrogen-bond acceptors (Lipinski definition) is 9. The molecule has 4 atom stereocenters. The van der Waals surface area contributed by atoms with Gasteiger partial charge in [-0.15, -0.1) is 0 Å². The molecular weight excluding hydrogens is 568 g/mol. The Morgan fingerprint density at radius 3 is 2.41 bits per heavy atom. The van der Waals surface area contributed by atoms with Crippen molar-refractivity contribution in [3.8, 4) is 5.88 Å². The lowest BCUT2D eigenvalue weighted by Gasteiger charge is -2.28. The van der Waals surface area contributed by atoms with Crippen LogP contribution in [0.1, 0.15) is 56.1 Å². The first-order valence-electron chi connectivity index (χ1n) is 14.8. The number of aromatic nitrogens is 2. The van der Waals surface area contributed by atoms with Crippen molar-refractivity contribution in [2.75, 3.05) is 26.8 Å². The highest BCUT2D eigenvalue weighted by Gasteiger charge is 2.50. The summed E-state index contributed by atoms with van der Waals surface area (Å²) < 4.78 is 10.3. The number of hydrogen-bond donors (Lipinski definition) is 3. The number of carbonyl (C=O) groups is 5. The van der Waals surface area contributed by atoms with E-state index >= 15 is 0 Å². The maximum atomic E-state index is 13.6. The SMILES string of the molecule is COc1cnc(C(=O)NCC(=O)N2CCC[C@H]2C(=O)N[C@@H](Cc2ccccc2)C(=O)N[C@@H](CC(C)C)C(=O)[C@@]2(C)CO2)cn1. The van der Waals surface area contributed by atoms with E-state index in [0.29, 0.717) is 32.4 Å². The number of ether oxygens (including phenoxy) is 2. The van der Waals surface area contributed by atoms with E-state index in [1.165, 1.54) is 24.4 Å². The summed E-state index contributed by atoms with van der Waals surface area (Å²) in [5.41, 5.74) is -0.0769. The molecule has 0 bridgehead atoms. The maximum absolute atomic E-state index is 13.6. The average molecular weight is 609 g/mol. The Morgan fingerprint density at radius 2 is 1.80 bits per heavy atom. The molecule has 4 amide bonds. The molecule has 3 N–H and O–H groups in total. The zero-order valence-electron chi connectivity index (χ0n) is 25.5. The highest BCUT2D eigenvalue weighted by molar-refractivity contribution is 5.99. The van der Waals surface area contributed by atoms with Gasteiger partial charge >= 0.3 is 0 Å². The predicted octanol–water partition coefficient (Wildman–Crippen LogP) is 0.822. The predicted molar refractivity (Wildman–Crippen MR) is 158 cm³/mol. The van der Waals surface area contributed by atoms with E-state index in [0.717, 1.165) is 5.56 Å². The van der Waals surface area contributed by atoms with E-state index in [4.69, 9.17) is 9.47 Å². The fourth-order valence-electron chi connectivity index (χ4n) is 5.15. The molecular formula is C31H40N6O7. The van der Waals surface area contributed by atoms with Crippen LogP contribution in [0.15, 0.2) is 42.7 Å². The Labute approximate surface area is 256 Å². The van der Waals surface area contributed by atoms with Gasteiger partial charge in [-0.25, -0.2) is 9.97 Å². The molecule has 2 saturated heterocycles. The van der Waals surface area contributed by atoms with Gasteiger partial charge in [0, 0.05) is 13.0 Å². The average Bonchev–Trinajstić information content (AvgIpc) is 3.57. The number of benzene rings is 1. The number of nitrogens with one attached hydrogen (secondary N) is 3. The smallest absolute Gasteiger partial charge is 0.271 e. The normalized spacial score (nSPS) is 20.4. The summed E-state index contributed by atoms with van der Waals surface area (Å²) in [5.74, 6) is -1.83. The molecule has 0 aliphatic carbocycles. The van der Waals surface area contributed by atoms with Crippen LogP contribution in [0.4, 0.5) is 0 Å². The standard InChI is InChI=1S/C31H40N6O7/c1-19(2)13-21(27(39)31(3)18-44-31)35-29(41)22(14-20-9-6-5-7-10-20)36-30(42)24-11-8-12-37(24)26(38)17-34-28(40)23-15-33-25(43-4)16-32-23/h5-7,9-10,15-16,19,21-22,24H,8,11-14,17-18H2,1-4H3,(H,34,40)(H,35,41)(H,36,42)/t21-,22-,24-,31+/m0/s1. The Hall–Kier alpha value is -4.39. The molecule has 2 aromatic rings. The van der Waals surface area contributed by atoms with Crippen LogP contribution < -0.4 is 20.7 Å². The van der Waals surface area contributed by atoms with Gasteiger partial charge in [-0.1, -0.05) is 44.2 Å². The third kappa shape index (κ3) is 8.37. The van der Waals surface area contributed by atoms with Crippen LogP contribution in [0.25, 0.3) is 0 Å². The Balaban J connectivity index is 1.42. The zero-order chi connectivity index (χ0) is 31.9. The molecule has 0 spiro atoms. The summed E-state index contributed by atoms with van der Waals surface area (Å²) in [6.45, 7) is 5.92. The third-order valence-electron chi connectivity index (χ3n) is 7.70. The maximum Gasteiger partial charge on any atom is 0.271 e. The van der Waals surface area contributed by atoms with Gasteiger partial charge in [0.05, 0.1) is 38.7 Å². The van der Waals surface area contributed by atoms with Crippen molar-refractivity contribution in [3.63, 3.8) is 0 Å². The van der Waals surface area contributed by atoms with Crippen LogP contribution in [0.2, 0.25) is 0 Å². The molecule has 0 saturated carbocycles. The number of epoxide rings is 1. The van der Waals surface area contributed by atoms with Crippen LogP contribution in [-0.2, 0) is 30.3 Å². The summed E-state index contributed by atoms with van der Waals surface area (Å²) in [6, 6.07) is 6.65. The van der Waals surface area contributed by atoms with Gasteiger partial charge in [0.25, 0.3) is 5.91 Å². The van der Waals surface area contributed by atoms with Crippen molar-refractivity contribution >= 4 is 29.4 Å². The molecule has 1 aromatic carbocycles. The number of likely N-dealkylation sites (tertiary alicyclic amines) is 1. The van der Waals surface area contributed by atoms with Gasteiger partial charge in [0.15, 0.2) is 5.78 Å². The summed E-state index contributed by atoms with van der Waals surface area (Å²) in [5, 5.41) is 8.23. The lowest BCUT2D eigenvalue weighted by atomic mass is 9.93. The van der Waals surface area contributed by atoms with Gasteiger partial charge in [-0.2, -0.15) is 0 Å². The van der Waals surface area contributed by atoms with E-state index in [2.05, 4.69) is 25.9 Å². The first-order valence-corrected chi connectivity index (χ1v) is 14.8. The molecule has 44 heavy (non-hydrogen) atoms. The Morgan fingerprint density at radius 1 is 1.07 bits per heavy atom. The monoisotopic (exact) mass is 608 g/mol. The largest absolute Gasteiger partial charge is 0.480 e. The topological polar surface area (TPSA) is 172 Å². The number of Topliss-reactive ketones (excluding diaryl/α,β-unsaturated/α-hetero) is 1. The van der Waals surface area contributed by atoms with Gasteiger partial charge in [0.2, 0.25) is 23.6 Å². The molecule has 13 heteroatoms.